The van der Waals surface area contributed by atoms with E-state index in [0.717, 1.165) is 18.3 Å². The molecule has 148 valence electrons. The molecule has 0 spiro atoms. The van der Waals surface area contributed by atoms with Crippen LogP contribution in [0.15, 0.2) is 42.7 Å². The van der Waals surface area contributed by atoms with Crippen molar-refractivity contribution in [3.8, 4) is 11.3 Å². The van der Waals surface area contributed by atoms with E-state index in [0.29, 0.717) is 17.1 Å². The van der Waals surface area contributed by atoms with E-state index in [-0.39, 0.29) is 17.4 Å². The number of aliphatic hydroxyl groups is 1. The standard InChI is InChI=1S/C22H25F2N3O/c1-21(2,3)10-16-13-26-20(27-16)11-22(4,28)17-7-5-14(9-18(17)24)19-8-6-15(23)12-25-19/h5-9,12-13,28H,10-11H2,1-4H3,(H,26,27). The predicted molar refractivity (Wildman–Crippen MR) is 105 cm³/mol. The number of halogens is 2. The highest BCUT2D eigenvalue weighted by molar-refractivity contribution is 5.59. The van der Waals surface area contributed by atoms with E-state index in [4.69, 9.17) is 0 Å². The molecule has 0 saturated carbocycles. The quantitative estimate of drug-likeness (QED) is 0.664. The smallest absolute Gasteiger partial charge is 0.141 e. The lowest BCUT2D eigenvalue weighted by Gasteiger charge is -2.24. The molecule has 6 heteroatoms. The lowest BCUT2D eigenvalue weighted by Crippen LogP contribution is -2.26. The molecule has 4 nitrogen and oxygen atoms in total. The van der Waals surface area contributed by atoms with Crippen LogP contribution in [0.2, 0.25) is 0 Å². The number of aromatic amines is 1. The van der Waals surface area contributed by atoms with Crippen molar-refractivity contribution >= 4 is 0 Å². The minimum Gasteiger partial charge on any atom is -0.385 e. The largest absolute Gasteiger partial charge is 0.385 e. The molecule has 0 amide bonds. The third-order valence-electron chi connectivity index (χ3n) is 4.49. The lowest BCUT2D eigenvalue weighted by molar-refractivity contribution is 0.0519. The number of hydrogen-bond acceptors (Lipinski definition) is 3. The van der Waals surface area contributed by atoms with Crippen molar-refractivity contribution in [3.63, 3.8) is 0 Å². The van der Waals surface area contributed by atoms with E-state index < -0.39 is 17.2 Å². The van der Waals surface area contributed by atoms with Crippen molar-refractivity contribution in [1.29, 1.82) is 0 Å². The second kappa shape index (κ2) is 7.43. The van der Waals surface area contributed by atoms with Gasteiger partial charge in [0, 0.05) is 29.4 Å². The Morgan fingerprint density at radius 2 is 1.71 bits per heavy atom. The van der Waals surface area contributed by atoms with Crippen molar-refractivity contribution in [1.82, 2.24) is 15.0 Å². The van der Waals surface area contributed by atoms with E-state index in [9.17, 15) is 13.9 Å². The molecule has 0 bridgehead atoms. The fraction of sp³-hybridized carbons (Fsp3) is 0.364. The van der Waals surface area contributed by atoms with Crippen LogP contribution < -0.4 is 0 Å². The zero-order valence-corrected chi connectivity index (χ0v) is 16.6. The Hall–Kier alpha value is -2.60. The van der Waals surface area contributed by atoms with Gasteiger partial charge in [-0.1, -0.05) is 32.9 Å². The van der Waals surface area contributed by atoms with Gasteiger partial charge < -0.3 is 10.1 Å². The second-order valence-electron chi connectivity index (χ2n) is 8.60. The van der Waals surface area contributed by atoms with Crippen LogP contribution in [-0.4, -0.2) is 20.1 Å². The monoisotopic (exact) mass is 385 g/mol. The molecule has 0 saturated heterocycles. The van der Waals surface area contributed by atoms with E-state index in [2.05, 4.69) is 35.7 Å². The maximum absolute atomic E-state index is 14.7. The average molecular weight is 385 g/mol. The summed E-state index contributed by atoms with van der Waals surface area (Å²) in [6.45, 7) is 7.97. The van der Waals surface area contributed by atoms with Crippen LogP contribution in [-0.2, 0) is 18.4 Å². The number of aromatic nitrogens is 3. The highest BCUT2D eigenvalue weighted by Gasteiger charge is 2.29. The number of rotatable bonds is 5. The van der Waals surface area contributed by atoms with Crippen LogP contribution in [0.4, 0.5) is 8.78 Å². The highest BCUT2D eigenvalue weighted by atomic mass is 19.1. The van der Waals surface area contributed by atoms with Crippen molar-refractivity contribution < 1.29 is 13.9 Å². The molecule has 0 fully saturated rings. The molecule has 1 aromatic carbocycles. The molecule has 2 N–H and O–H groups in total. The number of H-pyrrole nitrogens is 1. The normalized spacial score (nSPS) is 14.1. The summed E-state index contributed by atoms with van der Waals surface area (Å²) in [7, 11) is 0. The fourth-order valence-electron chi connectivity index (χ4n) is 3.24. The number of nitrogens with zero attached hydrogens (tertiary/aromatic N) is 2. The molecule has 2 aromatic heterocycles. The van der Waals surface area contributed by atoms with Gasteiger partial charge in [-0.15, -0.1) is 0 Å². The van der Waals surface area contributed by atoms with Gasteiger partial charge in [-0.25, -0.2) is 13.8 Å². The number of benzene rings is 1. The van der Waals surface area contributed by atoms with Crippen molar-refractivity contribution in [2.75, 3.05) is 0 Å². The minimum absolute atomic E-state index is 0.114. The van der Waals surface area contributed by atoms with Crippen LogP contribution in [0.3, 0.4) is 0 Å². The van der Waals surface area contributed by atoms with Gasteiger partial charge in [-0.05, 0) is 37.0 Å². The summed E-state index contributed by atoms with van der Waals surface area (Å²) in [5.41, 5.74) is 0.814. The van der Waals surface area contributed by atoms with Crippen molar-refractivity contribution in [2.24, 2.45) is 5.41 Å². The Kier molecular flexibility index (Phi) is 5.35. The van der Waals surface area contributed by atoms with Gasteiger partial charge in [0.1, 0.15) is 17.5 Å². The molecule has 3 aromatic rings. The Bertz CT molecular complexity index is 957. The molecular weight excluding hydrogens is 360 g/mol. The first kappa shape index (κ1) is 20.1. The van der Waals surface area contributed by atoms with E-state index >= 15 is 0 Å². The van der Waals surface area contributed by atoms with E-state index in [1.165, 1.54) is 24.3 Å². The van der Waals surface area contributed by atoms with Gasteiger partial charge >= 0.3 is 0 Å². The first-order valence-electron chi connectivity index (χ1n) is 9.21. The van der Waals surface area contributed by atoms with Gasteiger partial charge in [-0.3, -0.25) is 4.98 Å². The lowest BCUT2D eigenvalue weighted by atomic mass is 9.90. The molecular formula is C22H25F2N3O. The first-order chi connectivity index (χ1) is 13.0. The van der Waals surface area contributed by atoms with Gasteiger partial charge in [-0.2, -0.15) is 0 Å². The predicted octanol–water partition coefficient (Wildman–Crippen LogP) is 4.79. The summed E-state index contributed by atoms with van der Waals surface area (Å²) < 4.78 is 27.8. The fourth-order valence-corrected chi connectivity index (χ4v) is 3.24. The molecule has 2 heterocycles. The Balaban J connectivity index is 1.80. The number of nitrogens with one attached hydrogen (secondary N) is 1. The molecule has 0 radical (unpaired) electrons. The Morgan fingerprint density at radius 3 is 2.32 bits per heavy atom. The second-order valence-corrected chi connectivity index (χ2v) is 8.60. The summed E-state index contributed by atoms with van der Waals surface area (Å²) in [5.74, 6) is -0.393. The van der Waals surface area contributed by atoms with Crippen LogP contribution >= 0.6 is 0 Å². The first-order valence-corrected chi connectivity index (χ1v) is 9.21. The molecule has 0 aliphatic carbocycles. The Morgan fingerprint density at radius 1 is 0.964 bits per heavy atom. The summed E-state index contributed by atoms with van der Waals surface area (Å²) in [5, 5.41) is 10.9. The summed E-state index contributed by atoms with van der Waals surface area (Å²) in [6.07, 6.45) is 3.83. The molecule has 0 aliphatic heterocycles. The topological polar surface area (TPSA) is 61.8 Å². The molecule has 1 atom stereocenters. The number of hydrogen-bond donors (Lipinski definition) is 2. The van der Waals surface area contributed by atoms with Crippen molar-refractivity contribution in [3.05, 3.63) is 71.4 Å². The zero-order chi connectivity index (χ0) is 20.5. The summed E-state index contributed by atoms with van der Waals surface area (Å²) >= 11 is 0. The molecule has 0 aliphatic rings. The van der Waals surface area contributed by atoms with Crippen molar-refractivity contribution in [2.45, 2.75) is 46.1 Å². The van der Waals surface area contributed by atoms with E-state index in [1.807, 2.05) is 0 Å². The maximum atomic E-state index is 14.7. The minimum atomic E-state index is -1.43. The van der Waals surface area contributed by atoms with Gasteiger partial charge in [0.05, 0.1) is 17.5 Å². The molecule has 28 heavy (non-hydrogen) atoms. The third-order valence-corrected chi connectivity index (χ3v) is 4.49. The third kappa shape index (κ3) is 4.81. The highest BCUT2D eigenvalue weighted by Crippen LogP contribution is 2.30. The summed E-state index contributed by atoms with van der Waals surface area (Å²) in [6, 6.07) is 7.27. The average Bonchev–Trinajstić information content (AvgIpc) is 2.99. The summed E-state index contributed by atoms with van der Waals surface area (Å²) in [4.78, 5) is 11.5. The van der Waals surface area contributed by atoms with Crippen LogP contribution in [0.25, 0.3) is 11.3 Å². The van der Waals surface area contributed by atoms with Crippen LogP contribution in [0.1, 0.15) is 44.8 Å². The van der Waals surface area contributed by atoms with Gasteiger partial charge in [0.15, 0.2) is 0 Å². The maximum Gasteiger partial charge on any atom is 0.141 e. The van der Waals surface area contributed by atoms with Gasteiger partial charge in [0.25, 0.3) is 0 Å². The zero-order valence-electron chi connectivity index (χ0n) is 16.6. The molecule has 1 unspecified atom stereocenters. The molecule has 3 rings (SSSR count). The van der Waals surface area contributed by atoms with Crippen LogP contribution in [0, 0.1) is 17.0 Å². The Labute approximate surface area is 163 Å². The number of pyridine rings is 1. The van der Waals surface area contributed by atoms with E-state index in [1.54, 1.807) is 19.2 Å². The SMILES string of the molecule is CC(C)(C)Cc1cnc(CC(C)(O)c2ccc(-c3ccc(F)cn3)cc2F)[nH]1. The number of imidazole rings is 1. The van der Waals surface area contributed by atoms with Gasteiger partial charge in [0.2, 0.25) is 0 Å². The van der Waals surface area contributed by atoms with Crippen LogP contribution in [0.5, 0.6) is 0 Å².